The van der Waals surface area contributed by atoms with Gasteiger partial charge >= 0.3 is 0 Å². The van der Waals surface area contributed by atoms with Crippen molar-refractivity contribution >= 4 is 10.9 Å². The lowest BCUT2D eigenvalue weighted by atomic mass is 10.1. The summed E-state index contributed by atoms with van der Waals surface area (Å²) in [6, 6.07) is 9.10. The lowest BCUT2D eigenvalue weighted by Crippen LogP contribution is -2.12. The Kier molecular flexibility index (Phi) is 1.64. The first kappa shape index (κ1) is 8.06. The van der Waals surface area contributed by atoms with E-state index in [2.05, 4.69) is 34.6 Å². The molecule has 0 fully saturated rings. The zero-order valence-corrected chi connectivity index (χ0v) is 8.30. The van der Waals surface area contributed by atoms with Crippen LogP contribution in [0, 0.1) is 0 Å². The maximum absolute atomic E-state index is 3.50. The lowest BCUT2D eigenvalue weighted by Gasteiger charge is -2.08. The SMILES string of the molecule is CNC1CCc2[nH]c3ccccc3c21. The molecule has 2 aromatic rings. The molecular weight excluding hydrogens is 172 g/mol. The third kappa shape index (κ3) is 0.946. The van der Waals surface area contributed by atoms with Crippen molar-refractivity contribution < 1.29 is 0 Å². The monoisotopic (exact) mass is 186 g/mol. The van der Waals surface area contributed by atoms with E-state index in [0.29, 0.717) is 6.04 Å². The van der Waals surface area contributed by atoms with Crippen LogP contribution in [0.3, 0.4) is 0 Å². The third-order valence-corrected chi connectivity index (χ3v) is 3.21. The van der Waals surface area contributed by atoms with Crippen molar-refractivity contribution in [1.29, 1.82) is 0 Å². The third-order valence-electron chi connectivity index (χ3n) is 3.21. The molecule has 2 nitrogen and oxygen atoms in total. The summed E-state index contributed by atoms with van der Waals surface area (Å²) in [5.74, 6) is 0. The standard InChI is InChI=1S/C12H14N2/c1-13-10-6-7-11-12(10)8-4-2-3-5-9(8)14-11/h2-5,10,13-14H,6-7H2,1H3. The molecule has 0 radical (unpaired) electrons. The van der Waals surface area contributed by atoms with E-state index in [-0.39, 0.29) is 0 Å². The first-order valence-corrected chi connectivity index (χ1v) is 5.17. The van der Waals surface area contributed by atoms with Crippen molar-refractivity contribution in [3.63, 3.8) is 0 Å². The van der Waals surface area contributed by atoms with Gasteiger partial charge in [-0.05, 0) is 31.5 Å². The summed E-state index contributed by atoms with van der Waals surface area (Å²) in [4.78, 5) is 3.50. The maximum Gasteiger partial charge on any atom is 0.0459 e. The molecule has 72 valence electrons. The molecule has 14 heavy (non-hydrogen) atoms. The van der Waals surface area contributed by atoms with Gasteiger partial charge in [0, 0.05) is 22.6 Å². The molecule has 0 bridgehead atoms. The van der Waals surface area contributed by atoms with Gasteiger partial charge in [0.1, 0.15) is 0 Å². The number of aromatic amines is 1. The quantitative estimate of drug-likeness (QED) is 0.703. The molecule has 1 heterocycles. The number of rotatable bonds is 1. The van der Waals surface area contributed by atoms with Gasteiger partial charge in [0.2, 0.25) is 0 Å². The molecule has 3 rings (SSSR count). The van der Waals surface area contributed by atoms with E-state index in [9.17, 15) is 0 Å². The molecule has 0 saturated heterocycles. The van der Waals surface area contributed by atoms with Gasteiger partial charge in [0.25, 0.3) is 0 Å². The van der Waals surface area contributed by atoms with Crippen LogP contribution in [0.1, 0.15) is 23.7 Å². The van der Waals surface area contributed by atoms with Gasteiger partial charge in [-0.1, -0.05) is 18.2 Å². The second-order valence-electron chi connectivity index (χ2n) is 3.94. The Morgan fingerprint density at radius 2 is 2.21 bits per heavy atom. The Balaban J connectivity index is 2.29. The number of hydrogen-bond donors (Lipinski definition) is 2. The van der Waals surface area contributed by atoms with Crippen LogP contribution in [0.4, 0.5) is 0 Å². The van der Waals surface area contributed by atoms with Crippen LogP contribution < -0.4 is 5.32 Å². The van der Waals surface area contributed by atoms with E-state index in [1.54, 1.807) is 0 Å². The second-order valence-corrected chi connectivity index (χ2v) is 3.94. The number of nitrogens with one attached hydrogen (secondary N) is 2. The van der Waals surface area contributed by atoms with Gasteiger partial charge < -0.3 is 10.3 Å². The molecule has 0 spiro atoms. The summed E-state index contributed by atoms with van der Waals surface area (Å²) in [5.41, 5.74) is 4.19. The van der Waals surface area contributed by atoms with Crippen molar-refractivity contribution in [2.24, 2.45) is 0 Å². The van der Waals surface area contributed by atoms with Crippen molar-refractivity contribution in [1.82, 2.24) is 10.3 Å². The second kappa shape index (κ2) is 2.85. The van der Waals surface area contributed by atoms with E-state index in [1.807, 2.05) is 7.05 Å². The van der Waals surface area contributed by atoms with Crippen molar-refractivity contribution in [2.45, 2.75) is 18.9 Å². The van der Waals surface area contributed by atoms with Gasteiger partial charge in [0.15, 0.2) is 0 Å². The molecular formula is C12H14N2. The number of H-pyrrole nitrogens is 1. The summed E-state index contributed by atoms with van der Waals surface area (Å²) >= 11 is 0. The fourth-order valence-electron chi connectivity index (χ4n) is 2.54. The molecule has 1 unspecified atom stereocenters. The minimum atomic E-state index is 0.543. The summed E-state index contributed by atoms with van der Waals surface area (Å²) in [6.45, 7) is 0. The Morgan fingerprint density at radius 3 is 3.07 bits per heavy atom. The molecule has 1 aliphatic carbocycles. The highest BCUT2D eigenvalue weighted by Crippen LogP contribution is 2.36. The molecule has 0 aliphatic heterocycles. The summed E-state index contributed by atoms with van der Waals surface area (Å²) in [5, 5.41) is 4.77. The van der Waals surface area contributed by atoms with Crippen molar-refractivity contribution in [2.75, 3.05) is 7.05 Å². The molecule has 1 aromatic carbocycles. The Hall–Kier alpha value is -1.28. The summed E-state index contributed by atoms with van der Waals surface area (Å²) < 4.78 is 0. The summed E-state index contributed by atoms with van der Waals surface area (Å²) in [7, 11) is 2.04. The molecule has 0 saturated carbocycles. The number of aryl methyl sites for hydroxylation is 1. The Bertz CT molecular complexity index is 470. The predicted molar refractivity (Wildman–Crippen MR) is 58.4 cm³/mol. The fraction of sp³-hybridized carbons (Fsp3) is 0.333. The smallest absolute Gasteiger partial charge is 0.0459 e. The molecule has 1 atom stereocenters. The van der Waals surface area contributed by atoms with E-state index in [1.165, 1.54) is 35.0 Å². The Morgan fingerprint density at radius 1 is 1.36 bits per heavy atom. The summed E-state index contributed by atoms with van der Waals surface area (Å²) in [6.07, 6.45) is 2.40. The van der Waals surface area contributed by atoms with Crippen LogP contribution in [0.2, 0.25) is 0 Å². The number of para-hydroxylation sites is 1. The van der Waals surface area contributed by atoms with Crippen LogP contribution in [-0.4, -0.2) is 12.0 Å². The number of aromatic nitrogens is 1. The van der Waals surface area contributed by atoms with Crippen molar-refractivity contribution in [3.8, 4) is 0 Å². The van der Waals surface area contributed by atoms with Crippen LogP contribution in [0.5, 0.6) is 0 Å². The van der Waals surface area contributed by atoms with Gasteiger partial charge in [-0.15, -0.1) is 0 Å². The maximum atomic E-state index is 3.50. The predicted octanol–water partition coefficient (Wildman–Crippen LogP) is 2.37. The average Bonchev–Trinajstić information content (AvgIpc) is 2.75. The first-order chi connectivity index (χ1) is 6.90. The van der Waals surface area contributed by atoms with Crippen molar-refractivity contribution in [3.05, 3.63) is 35.5 Å². The molecule has 2 N–H and O–H groups in total. The van der Waals surface area contributed by atoms with Gasteiger partial charge in [0.05, 0.1) is 0 Å². The van der Waals surface area contributed by atoms with E-state index >= 15 is 0 Å². The highest BCUT2D eigenvalue weighted by Gasteiger charge is 2.24. The normalized spacial score (nSPS) is 20.2. The number of fused-ring (bicyclic) bond motifs is 3. The van der Waals surface area contributed by atoms with Crippen LogP contribution in [-0.2, 0) is 6.42 Å². The molecule has 0 amide bonds. The van der Waals surface area contributed by atoms with E-state index < -0.39 is 0 Å². The average molecular weight is 186 g/mol. The minimum absolute atomic E-state index is 0.543. The number of hydrogen-bond acceptors (Lipinski definition) is 1. The zero-order valence-electron chi connectivity index (χ0n) is 8.30. The number of benzene rings is 1. The molecule has 1 aliphatic rings. The van der Waals surface area contributed by atoms with Crippen LogP contribution >= 0.6 is 0 Å². The topological polar surface area (TPSA) is 27.8 Å². The van der Waals surface area contributed by atoms with Gasteiger partial charge in [-0.2, -0.15) is 0 Å². The minimum Gasteiger partial charge on any atom is -0.358 e. The van der Waals surface area contributed by atoms with Crippen LogP contribution in [0.25, 0.3) is 10.9 Å². The lowest BCUT2D eigenvalue weighted by molar-refractivity contribution is 0.593. The van der Waals surface area contributed by atoms with Gasteiger partial charge in [-0.3, -0.25) is 0 Å². The highest BCUT2D eigenvalue weighted by atomic mass is 14.9. The largest absolute Gasteiger partial charge is 0.358 e. The Labute approximate surface area is 83.3 Å². The van der Waals surface area contributed by atoms with Crippen LogP contribution in [0.15, 0.2) is 24.3 Å². The zero-order chi connectivity index (χ0) is 9.54. The highest BCUT2D eigenvalue weighted by molar-refractivity contribution is 5.85. The fourth-order valence-corrected chi connectivity index (χ4v) is 2.54. The molecule has 1 aromatic heterocycles. The van der Waals surface area contributed by atoms with E-state index in [0.717, 1.165) is 0 Å². The van der Waals surface area contributed by atoms with Gasteiger partial charge in [-0.25, -0.2) is 0 Å². The van der Waals surface area contributed by atoms with E-state index in [4.69, 9.17) is 0 Å². The molecule has 2 heteroatoms. The first-order valence-electron chi connectivity index (χ1n) is 5.17.